The second-order valence-corrected chi connectivity index (χ2v) is 5.42. The predicted molar refractivity (Wildman–Crippen MR) is 56.8 cm³/mol. The maximum Gasteiger partial charge on any atom is 0.242 e. The van der Waals surface area contributed by atoms with Gasteiger partial charge >= 0.3 is 0 Å². The van der Waals surface area contributed by atoms with Gasteiger partial charge < -0.3 is 5.11 Å². The second-order valence-electron chi connectivity index (χ2n) is 3.37. The quantitative estimate of drug-likeness (QED) is 0.816. The van der Waals surface area contributed by atoms with Gasteiger partial charge in [0.2, 0.25) is 10.0 Å². The molecule has 1 aromatic carbocycles. The summed E-state index contributed by atoms with van der Waals surface area (Å²) < 4.78 is 24.9. The normalized spacial score (nSPS) is 14.1. The van der Waals surface area contributed by atoms with Crippen LogP contribution in [-0.4, -0.2) is 37.5 Å². The molecule has 1 N–H and O–H groups in total. The first kappa shape index (κ1) is 12.2. The zero-order chi connectivity index (χ0) is 11.5. The van der Waals surface area contributed by atoms with Crippen LogP contribution in [0.4, 0.5) is 0 Å². The zero-order valence-corrected chi connectivity index (χ0v) is 9.53. The summed E-state index contributed by atoms with van der Waals surface area (Å²) in [5.74, 6) is 0. The van der Waals surface area contributed by atoms with Crippen LogP contribution in [0.15, 0.2) is 29.2 Å². The van der Waals surface area contributed by atoms with Gasteiger partial charge in [-0.25, -0.2) is 8.42 Å². The van der Waals surface area contributed by atoms with Crippen molar-refractivity contribution in [2.24, 2.45) is 0 Å². The van der Waals surface area contributed by atoms with Gasteiger partial charge in [-0.3, -0.25) is 0 Å². The van der Waals surface area contributed by atoms with E-state index < -0.39 is 16.1 Å². The summed E-state index contributed by atoms with van der Waals surface area (Å²) in [5.41, 5.74) is 0. The number of sulfonamides is 1. The lowest BCUT2D eigenvalue weighted by molar-refractivity contribution is 0.171. The van der Waals surface area contributed by atoms with Crippen LogP contribution in [0.2, 0.25) is 0 Å². The van der Waals surface area contributed by atoms with Gasteiger partial charge in [-0.1, -0.05) is 12.1 Å². The average molecular weight is 228 g/mol. The highest BCUT2D eigenvalue weighted by molar-refractivity contribution is 7.89. The number of aliphatic hydroxyl groups excluding tert-OH is 1. The van der Waals surface area contributed by atoms with Gasteiger partial charge in [-0.15, -0.1) is 0 Å². The van der Waals surface area contributed by atoms with Crippen molar-refractivity contribution < 1.29 is 13.5 Å². The minimum Gasteiger partial charge on any atom is -0.392 e. The molecule has 0 aromatic heterocycles. The van der Waals surface area contributed by atoms with Crippen LogP contribution in [0, 0.1) is 6.07 Å². The Morgan fingerprint density at radius 1 is 1.47 bits per heavy atom. The van der Waals surface area contributed by atoms with E-state index in [1.54, 1.807) is 19.1 Å². The molecule has 0 saturated carbocycles. The lowest BCUT2D eigenvalue weighted by Crippen LogP contribution is -2.33. The summed E-state index contributed by atoms with van der Waals surface area (Å²) in [5, 5.41) is 9.12. The number of rotatable bonds is 4. The summed E-state index contributed by atoms with van der Waals surface area (Å²) in [6.07, 6.45) is -0.681. The Balaban J connectivity index is 2.94. The maximum absolute atomic E-state index is 11.9. The molecule has 4 nitrogen and oxygen atoms in total. The molecule has 83 valence electrons. The first-order valence-electron chi connectivity index (χ1n) is 4.55. The third kappa shape index (κ3) is 3.02. The molecular weight excluding hydrogens is 214 g/mol. The highest BCUT2D eigenvalue weighted by Crippen LogP contribution is 2.13. The minimum atomic E-state index is -3.48. The largest absolute Gasteiger partial charge is 0.392 e. The van der Waals surface area contributed by atoms with E-state index in [2.05, 4.69) is 6.07 Å². The van der Waals surface area contributed by atoms with E-state index in [0.29, 0.717) is 0 Å². The van der Waals surface area contributed by atoms with Gasteiger partial charge in [0, 0.05) is 13.6 Å². The summed E-state index contributed by atoms with van der Waals surface area (Å²) in [4.78, 5) is 0.212. The Morgan fingerprint density at radius 2 is 2.00 bits per heavy atom. The Kier molecular flexibility index (Phi) is 3.84. The summed E-state index contributed by atoms with van der Waals surface area (Å²) >= 11 is 0. The molecule has 1 unspecified atom stereocenters. The van der Waals surface area contributed by atoms with Crippen molar-refractivity contribution in [3.8, 4) is 0 Å². The van der Waals surface area contributed by atoms with E-state index in [0.717, 1.165) is 4.31 Å². The molecule has 1 rings (SSSR count). The third-order valence-electron chi connectivity index (χ3n) is 1.92. The van der Waals surface area contributed by atoms with Crippen molar-refractivity contribution in [2.45, 2.75) is 17.9 Å². The van der Waals surface area contributed by atoms with Gasteiger partial charge in [0.15, 0.2) is 0 Å². The Morgan fingerprint density at radius 3 is 2.47 bits per heavy atom. The molecule has 0 amide bonds. The zero-order valence-electron chi connectivity index (χ0n) is 8.71. The van der Waals surface area contributed by atoms with Crippen molar-refractivity contribution >= 4 is 10.0 Å². The number of likely N-dealkylation sites (N-methyl/N-ethyl adjacent to an activating group) is 1. The van der Waals surface area contributed by atoms with Crippen molar-refractivity contribution in [1.82, 2.24) is 4.31 Å². The van der Waals surface area contributed by atoms with Crippen LogP contribution in [0.5, 0.6) is 0 Å². The van der Waals surface area contributed by atoms with Crippen LogP contribution in [0.3, 0.4) is 0 Å². The first-order valence-corrected chi connectivity index (χ1v) is 5.99. The van der Waals surface area contributed by atoms with Gasteiger partial charge in [0.1, 0.15) is 0 Å². The van der Waals surface area contributed by atoms with E-state index in [-0.39, 0.29) is 11.4 Å². The number of aliphatic hydroxyl groups is 1. The molecular formula is C10H14NO3S. The van der Waals surface area contributed by atoms with Crippen LogP contribution in [-0.2, 0) is 10.0 Å². The predicted octanol–water partition coefficient (Wildman–Crippen LogP) is 0.488. The van der Waals surface area contributed by atoms with Crippen molar-refractivity contribution in [1.29, 1.82) is 0 Å². The second kappa shape index (κ2) is 4.74. The third-order valence-corrected chi connectivity index (χ3v) is 3.75. The molecule has 1 radical (unpaired) electrons. The highest BCUT2D eigenvalue weighted by atomic mass is 32.2. The maximum atomic E-state index is 11.9. The highest BCUT2D eigenvalue weighted by Gasteiger charge is 2.20. The molecule has 5 heteroatoms. The van der Waals surface area contributed by atoms with Crippen molar-refractivity contribution in [2.75, 3.05) is 13.6 Å². The molecule has 0 spiro atoms. The van der Waals surface area contributed by atoms with Gasteiger partial charge in [-0.05, 0) is 25.1 Å². The topological polar surface area (TPSA) is 57.6 Å². The number of nitrogens with zero attached hydrogens (tertiary/aromatic N) is 1. The SMILES string of the molecule is CC(O)CN(C)S(=O)(=O)c1cc[c]cc1. The standard InChI is InChI=1S/C10H14NO3S/c1-9(12)8-11(2)15(13,14)10-6-4-3-5-7-10/h4-7,9,12H,8H2,1-2H3. The Hall–Kier alpha value is -0.910. The Bertz CT molecular complexity index is 400. The molecule has 0 heterocycles. The lowest BCUT2D eigenvalue weighted by Gasteiger charge is -2.18. The molecule has 0 aliphatic carbocycles. The monoisotopic (exact) mass is 228 g/mol. The molecule has 0 fully saturated rings. The summed E-state index contributed by atoms with van der Waals surface area (Å²) in [6.45, 7) is 1.63. The molecule has 1 aromatic rings. The van der Waals surface area contributed by atoms with Gasteiger partial charge in [0.05, 0.1) is 11.0 Å². The summed E-state index contributed by atoms with van der Waals surface area (Å²) in [6, 6.07) is 8.80. The Labute approximate surface area is 90.2 Å². The fourth-order valence-electron chi connectivity index (χ4n) is 1.19. The average Bonchev–Trinajstić information content (AvgIpc) is 2.18. The number of benzene rings is 1. The van der Waals surface area contributed by atoms with E-state index >= 15 is 0 Å². The van der Waals surface area contributed by atoms with Crippen LogP contribution < -0.4 is 0 Å². The van der Waals surface area contributed by atoms with E-state index in [1.807, 2.05) is 0 Å². The smallest absolute Gasteiger partial charge is 0.242 e. The molecule has 1 atom stereocenters. The van der Waals surface area contributed by atoms with Crippen molar-refractivity contribution in [3.05, 3.63) is 30.3 Å². The molecule has 0 aliphatic heterocycles. The van der Waals surface area contributed by atoms with E-state index in [9.17, 15) is 8.42 Å². The van der Waals surface area contributed by atoms with E-state index in [1.165, 1.54) is 19.2 Å². The summed E-state index contributed by atoms with van der Waals surface area (Å²) in [7, 11) is -2.04. The van der Waals surface area contributed by atoms with Crippen LogP contribution >= 0.6 is 0 Å². The fraction of sp³-hybridized carbons (Fsp3) is 0.400. The minimum absolute atomic E-state index is 0.0843. The molecule has 15 heavy (non-hydrogen) atoms. The molecule has 0 bridgehead atoms. The van der Waals surface area contributed by atoms with E-state index in [4.69, 9.17) is 5.11 Å². The lowest BCUT2D eigenvalue weighted by atomic mass is 10.4. The fourth-order valence-corrected chi connectivity index (χ4v) is 2.45. The van der Waals surface area contributed by atoms with Gasteiger partial charge in [-0.2, -0.15) is 4.31 Å². The van der Waals surface area contributed by atoms with Crippen LogP contribution in [0.25, 0.3) is 0 Å². The first-order chi connectivity index (χ1) is 6.94. The van der Waals surface area contributed by atoms with Crippen molar-refractivity contribution in [3.63, 3.8) is 0 Å². The van der Waals surface area contributed by atoms with Crippen LogP contribution in [0.1, 0.15) is 6.92 Å². The van der Waals surface area contributed by atoms with Gasteiger partial charge in [0.25, 0.3) is 0 Å². The number of hydrogen-bond acceptors (Lipinski definition) is 3. The molecule has 0 saturated heterocycles. The number of hydrogen-bond donors (Lipinski definition) is 1. The molecule has 0 aliphatic rings.